The van der Waals surface area contributed by atoms with Crippen LogP contribution in [-0.2, 0) is 0 Å². The van der Waals surface area contributed by atoms with E-state index in [9.17, 15) is 0 Å². The van der Waals surface area contributed by atoms with E-state index in [0.717, 1.165) is 50.1 Å². The summed E-state index contributed by atoms with van der Waals surface area (Å²) in [5.41, 5.74) is 12.2. The fourth-order valence-corrected chi connectivity index (χ4v) is 6.86. The van der Waals surface area contributed by atoms with Gasteiger partial charge in [-0.2, -0.15) is 0 Å². The summed E-state index contributed by atoms with van der Waals surface area (Å²) < 4.78 is 6.43. The van der Waals surface area contributed by atoms with Gasteiger partial charge in [0.2, 0.25) is 0 Å². The maximum atomic E-state index is 6.43. The fraction of sp³-hybridized carbons (Fsp3) is 0. The van der Waals surface area contributed by atoms with Crippen LogP contribution in [0, 0.1) is 0 Å². The van der Waals surface area contributed by atoms with Crippen molar-refractivity contribution in [3.05, 3.63) is 188 Å². The predicted octanol–water partition coefficient (Wildman–Crippen LogP) is 13.2. The largest absolute Gasteiger partial charge is 0.456 e. The van der Waals surface area contributed by atoms with Crippen LogP contribution in [0.5, 0.6) is 0 Å². The van der Waals surface area contributed by atoms with Gasteiger partial charge in [0.1, 0.15) is 11.2 Å². The van der Waals surface area contributed by atoms with Gasteiger partial charge in [0.25, 0.3) is 0 Å². The molecule has 1 aromatic heterocycles. The third kappa shape index (κ3) is 5.01. The van der Waals surface area contributed by atoms with Crippen LogP contribution in [0.4, 0.5) is 17.1 Å². The van der Waals surface area contributed by atoms with Crippen molar-refractivity contribution in [2.45, 2.75) is 0 Å². The lowest BCUT2D eigenvalue weighted by Crippen LogP contribution is -2.09. The molecule has 0 unspecified atom stereocenters. The number of benzene rings is 8. The Hall–Kier alpha value is -6.38. The fourth-order valence-electron chi connectivity index (χ4n) is 6.86. The number of anilines is 3. The van der Waals surface area contributed by atoms with Crippen molar-refractivity contribution >= 4 is 49.8 Å². The smallest absolute Gasteiger partial charge is 0.136 e. The van der Waals surface area contributed by atoms with Gasteiger partial charge in [0, 0.05) is 27.8 Å². The van der Waals surface area contributed by atoms with Crippen LogP contribution in [0.25, 0.3) is 66.1 Å². The number of para-hydroxylation sites is 1. The molecule has 0 fully saturated rings. The van der Waals surface area contributed by atoms with Crippen LogP contribution in [0.3, 0.4) is 0 Å². The molecule has 0 saturated heterocycles. The van der Waals surface area contributed by atoms with Crippen molar-refractivity contribution in [1.29, 1.82) is 0 Å². The number of hydrogen-bond donors (Lipinski definition) is 0. The lowest BCUT2D eigenvalue weighted by atomic mass is 9.97. The first-order chi connectivity index (χ1) is 23.8. The second-order valence-electron chi connectivity index (χ2n) is 12.2. The topological polar surface area (TPSA) is 16.4 Å². The summed E-state index contributed by atoms with van der Waals surface area (Å²) in [5.74, 6) is 0. The Bertz CT molecular complexity index is 2530. The SMILES string of the molecule is c1ccc(-c2ccc(-c3cccc4oc5ccc(N(c6ccccc6)c6ccc(-c7ccc8ccccc8c7)cc6)cc5c34)cc2)cc1. The first-order valence-electron chi connectivity index (χ1n) is 16.3. The zero-order valence-electron chi connectivity index (χ0n) is 26.3. The summed E-state index contributed by atoms with van der Waals surface area (Å²) in [5, 5.41) is 4.72. The average Bonchev–Trinajstić information content (AvgIpc) is 3.54. The highest BCUT2D eigenvalue weighted by Crippen LogP contribution is 2.42. The van der Waals surface area contributed by atoms with Crippen LogP contribution in [-0.4, -0.2) is 0 Å². The number of furan rings is 1. The van der Waals surface area contributed by atoms with Gasteiger partial charge < -0.3 is 9.32 Å². The van der Waals surface area contributed by atoms with Gasteiger partial charge in [-0.3, -0.25) is 0 Å². The summed E-state index contributed by atoms with van der Waals surface area (Å²) in [6, 6.07) is 66.9. The third-order valence-corrected chi connectivity index (χ3v) is 9.26. The molecule has 0 atom stereocenters. The molecule has 48 heavy (non-hydrogen) atoms. The number of nitrogens with zero attached hydrogens (tertiary/aromatic N) is 1. The lowest BCUT2D eigenvalue weighted by Gasteiger charge is -2.25. The number of rotatable bonds is 6. The number of hydrogen-bond acceptors (Lipinski definition) is 2. The molecule has 0 amide bonds. The summed E-state index contributed by atoms with van der Waals surface area (Å²) in [4.78, 5) is 2.32. The maximum Gasteiger partial charge on any atom is 0.136 e. The number of fused-ring (bicyclic) bond motifs is 4. The highest BCUT2D eigenvalue weighted by atomic mass is 16.3. The standard InChI is InChI=1S/C46H31NO/c1-3-10-32(11-4-1)34-18-21-36(22-19-34)42-16-9-17-45-46(42)43-31-41(28-29-44(43)48-45)47(39-14-5-2-6-15-39)40-26-24-35(25-27-40)38-23-20-33-12-7-8-13-37(33)30-38/h1-31H. The molecule has 0 bridgehead atoms. The molecule has 9 aromatic rings. The molecule has 0 spiro atoms. The second kappa shape index (κ2) is 11.8. The van der Waals surface area contributed by atoms with E-state index in [2.05, 4.69) is 193 Å². The Kier molecular flexibility index (Phi) is 6.84. The molecule has 1 heterocycles. The minimum Gasteiger partial charge on any atom is -0.456 e. The molecule has 0 aliphatic heterocycles. The van der Waals surface area contributed by atoms with Crippen LogP contribution in [0.2, 0.25) is 0 Å². The molecule has 2 nitrogen and oxygen atoms in total. The Balaban J connectivity index is 1.14. The summed E-state index contributed by atoms with van der Waals surface area (Å²) in [6.45, 7) is 0. The zero-order chi connectivity index (χ0) is 31.9. The molecule has 0 radical (unpaired) electrons. The van der Waals surface area contributed by atoms with Gasteiger partial charge in [-0.05, 0) is 98.8 Å². The van der Waals surface area contributed by atoms with Crippen LogP contribution < -0.4 is 4.90 Å². The Morgan fingerprint density at radius 1 is 0.333 bits per heavy atom. The van der Waals surface area contributed by atoms with Crippen molar-refractivity contribution in [2.24, 2.45) is 0 Å². The van der Waals surface area contributed by atoms with E-state index in [1.54, 1.807) is 0 Å². The van der Waals surface area contributed by atoms with Crippen molar-refractivity contribution in [1.82, 2.24) is 0 Å². The van der Waals surface area contributed by atoms with Gasteiger partial charge in [0.05, 0.1) is 0 Å². The minimum absolute atomic E-state index is 0.877. The van der Waals surface area contributed by atoms with Crippen molar-refractivity contribution < 1.29 is 4.42 Å². The Morgan fingerprint density at radius 3 is 1.71 bits per heavy atom. The maximum absolute atomic E-state index is 6.43. The van der Waals surface area contributed by atoms with E-state index in [1.807, 2.05) is 0 Å². The predicted molar refractivity (Wildman–Crippen MR) is 202 cm³/mol. The molecule has 0 N–H and O–H groups in total. The molecule has 9 rings (SSSR count). The normalized spacial score (nSPS) is 11.3. The summed E-state index contributed by atoms with van der Waals surface area (Å²) in [7, 11) is 0. The summed E-state index contributed by atoms with van der Waals surface area (Å²) in [6.07, 6.45) is 0. The van der Waals surface area contributed by atoms with Gasteiger partial charge in [0.15, 0.2) is 0 Å². The molecular weight excluding hydrogens is 583 g/mol. The van der Waals surface area contributed by atoms with Gasteiger partial charge in [-0.25, -0.2) is 0 Å². The zero-order valence-corrected chi connectivity index (χ0v) is 26.3. The third-order valence-electron chi connectivity index (χ3n) is 9.26. The van der Waals surface area contributed by atoms with E-state index in [4.69, 9.17) is 4.42 Å². The van der Waals surface area contributed by atoms with Crippen molar-refractivity contribution in [3.8, 4) is 33.4 Å². The van der Waals surface area contributed by atoms with Crippen molar-refractivity contribution in [2.75, 3.05) is 4.90 Å². The molecule has 2 heteroatoms. The van der Waals surface area contributed by atoms with Crippen LogP contribution in [0.15, 0.2) is 192 Å². The highest BCUT2D eigenvalue weighted by molar-refractivity contribution is 6.13. The molecule has 226 valence electrons. The van der Waals surface area contributed by atoms with Crippen LogP contribution in [0.1, 0.15) is 0 Å². The first kappa shape index (κ1) is 27.9. The van der Waals surface area contributed by atoms with Gasteiger partial charge in [-0.1, -0.05) is 133 Å². The second-order valence-corrected chi connectivity index (χ2v) is 12.2. The van der Waals surface area contributed by atoms with E-state index in [0.29, 0.717) is 0 Å². The van der Waals surface area contributed by atoms with E-state index in [-0.39, 0.29) is 0 Å². The van der Waals surface area contributed by atoms with Crippen molar-refractivity contribution in [3.63, 3.8) is 0 Å². The van der Waals surface area contributed by atoms with Crippen LogP contribution >= 0.6 is 0 Å². The van der Waals surface area contributed by atoms with Gasteiger partial charge >= 0.3 is 0 Å². The molecule has 0 aliphatic carbocycles. The lowest BCUT2D eigenvalue weighted by molar-refractivity contribution is 0.669. The first-order valence-corrected chi connectivity index (χ1v) is 16.3. The quantitative estimate of drug-likeness (QED) is 0.185. The Morgan fingerprint density at radius 2 is 0.917 bits per heavy atom. The Labute approximate surface area is 279 Å². The monoisotopic (exact) mass is 613 g/mol. The molecule has 8 aromatic carbocycles. The minimum atomic E-state index is 0.877. The highest BCUT2D eigenvalue weighted by Gasteiger charge is 2.18. The molecular formula is C46H31NO. The van der Waals surface area contributed by atoms with Gasteiger partial charge in [-0.15, -0.1) is 0 Å². The molecule has 0 aliphatic rings. The van der Waals surface area contributed by atoms with E-state index in [1.165, 1.54) is 33.0 Å². The average molecular weight is 614 g/mol. The molecule has 0 saturated carbocycles. The summed E-state index contributed by atoms with van der Waals surface area (Å²) >= 11 is 0. The van der Waals surface area contributed by atoms with E-state index >= 15 is 0 Å². The van der Waals surface area contributed by atoms with E-state index < -0.39 is 0 Å².